The van der Waals surface area contributed by atoms with Crippen LogP contribution in [0.2, 0.25) is 5.02 Å². The molecule has 2 aromatic rings. The Bertz CT molecular complexity index is 770. The molecular formula is C18H17ClFNO4. The molecule has 0 fully saturated rings. The molecular weight excluding hydrogens is 349 g/mol. The van der Waals surface area contributed by atoms with Crippen molar-refractivity contribution in [3.63, 3.8) is 0 Å². The summed E-state index contributed by atoms with van der Waals surface area (Å²) in [7, 11) is 1.65. The van der Waals surface area contributed by atoms with E-state index in [1.807, 2.05) is 24.3 Å². The van der Waals surface area contributed by atoms with E-state index in [0.29, 0.717) is 24.7 Å². The van der Waals surface area contributed by atoms with Crippen molar-refractivity contribution in [3.8, 4) is 17.2 Å². The topological polar surface area (TPSA) is 48.0 Å². The van der Waals surface area contributed by atoms with Crippen molar-refractivity contribution in [2.75, 3.05) is 26.8 Å². The third-order valence-electron chi connectivity index (χ3n) is 3.72. The molecule has 0 unspecified atom stereocenters. The van der Waals surface area contributed by atoms with Gasteiger partial charge in [-0.15, -0.1) is 0 Å². The second kappa shape index (κ2) is 7.61. The quantitative estimate of drug-likeness (QED) is 0.816. The molecule has 1 aliphatic rings. The minimum absolute atomic E-state index is 0.121. The maximum absolute atomic E-state index is 13.0. The van der Waals surface area contributed by atoms with Gasteiger partial charge in [-0.3, -0.25) is 4.79 Å². The molecule has 1 amide bonds. The molecule has 0 aromatic heterocycles. The van der Waals surface area contributed by atoms with E-state index in [9.17, 15) is 9.18 Å². The number of carbonyl (C=O) groups is 1. The number of halogens is 2. The average Bonchev–Trinajstić information content (AvgIpc) is 2.60. The Labute approximate surface area is 149 Å². The first-order valence-corrected chi connectivity index (χ1v) is 8.11. The summed E-state index contributed by atoms with van der Waals surface area (Å²) in [6, 6.07) is 11.1. The highest BCUT2D eigenvalue weighted by molar-refractivity contribution is 6.32. The van der Waals surface area contributed by atoms with E-state index < -0.39 is 5.82 Å². The highest BCUT2D eigenvalue weighted by Crippen LogP contribution is 2.31. The molecule has 3 rings (SSSR count). The van der Waals surface area contributed by atoms with Crippen LogP contribution in [0.5, 0.6) is 17.2 Å². The van der Waals surface area contributed by atoms with Crippen LogP contribution in [0.25, 0.3) is 0 Å². The first-order chi connectivity index (χ1) is 12.0. The van der Waals surface area contributed by atoms with Crippen LogP contribution in [0.1, 0.15) is 0 Å². The molecule has 1 atom stereocenters. The van der Waals surface area contributed by atoms with Gasteiger partial charge >= 0.3 is 0 Å². The summed E-state index contributed by atoms with van der Waals surface area (Å²) in [4.78, 5) is 13.7. The lowest BCUT2D eigenvalue weighted by Crippen LogP contribution is -2.43. The molecule has 0 aliphatic carbocycles. The SMILES string of the molecule is CN(C[C@H]1COc2ccccc2O1)C(=O)COc1ccc(F)cc1Cl. The molecule has 1 heterocycles. The number of carbonyl (C=O) groups excluding carboxylic acids is 1. The van der Waals surface area contributed by atoms with Crippen molar-refractivity contribution in [1.29, 1.82) is 0 Å². The normalized spacial score (nSPS) is 15.6. The van der Waals surface area contributed by atoms with Crippen LogP contribution in [-0.4, -0.2) is 43.7 Å². The number of benzene rings is 2. The van der Waals surface area contributed by atoms with Gasteiger partial charge in [-0.1, -0.05) is 23.7 Å². The predicted octanol–water partition coefficient (Wildman–Crippen LogP) is 3.16. The third-order valence-corrected chi connectivity index (χ3v) is 4.01. The summed E-state index contributed by atoms with van der Waals surface area (Å²) in [6.07, 6.45) is -0.266. The van der Waals surface area contributed by atoms with E-state index in [-0.39, 0.29) is 29.4 Å². The van der Waals surface area contributed by atoms with E-state index in [2.05, 4.69) is 0 Å². The summed E-state index contributed by atoms with van der Waals surface area (Å²) in [6.45, 7) is 0.513. The van der Waals surface area contributed by atoms with Crippen molar-refractivity contribution in [1.82, 2.24) is 4.90 Å². The molecule has 25 heavy (non-hydrogen) atoms. The fourth-order valence-corrected chi connectivity index (χ4v) is 2.62. The number of amides is 1. The minimum atomic E-state index is -0.462. The number of rotatable bonds is 5. The van der Waals surface area contributed by atoms with E-state index in [0.717, 1.165) is 6.07 Å². The molecule has 132 valence electrons. The Morgan fingerprint density at radius 3 is 2.84 bits per heavy atom. The van der Waals surface area contributed by atoms with Gasteiger partial charge in [0.1, 0.15) is 18.2 Å². The Morgan fingerprint density at radius 2 is 2.08 bits per heavy atom. The zero-order valence-electron chi connectivity index (χ0n) is 13.6. The van der Waals surface area contributed by atoms with Gasteiger partial charge in [0.25, 0.3) is 5.91 Å². The second-order valence-electron chi connectivity index (χ2n) is 5.64. The number of hydrogen-bond donors (Lipinski definition) is 0. The molecule has 7 heteroatoms. The van der Waals surface area contributed by atoms with Gasteiger partial charge in [0.2, 0.25) is 0 Å². The fraction of sp³-hybridized carbons (Fsp3) is 0.278. The van der Waals surface area contributed by atoms with Gasteiger partial charge < -0.3 is 19.1 Å². The van der Waals surface area contributed by atoms with Crippen LogP contribution in [0.4, 0.5) is 4.39 Å². The van der Waals surface area contributed by atoms with Crippen molar-refractivity contribution in [2.24, 2.45) is 0 Å². The highest BCUT2D eigenvalue weighted by Gasteiger charge is 2.23. The van der Waals surface area contributed by atoms with Gasteiger partial charge in [0, 0.05) is 7.05 Å². The zero-order chi connectivity index (χ0) is 17.8. The lowest BCUT2D eigenvalue weighted by molar-refractivity contribution is -0.133. The van der Waals surface area contributed by atoms with Crippen molar-refractivity contribution in [2.45, 2.75) is 6.10 Å². The minimum Gasteiger partial charge on any atom is -0.486 e. The maximum Gasteiger partial charge on any atom is 0.260 e. The summed E-state index contributed by atoms with van der Waals surface area (Å²) in [5.41, 5.74) is 0. The maximum atomic E-state index is 13.0. The molecule has 0 saturated carbocycles. The lowest BCUT2D eigenvalue weighted by atomic mass is 10.2. The Hall–Kier alpha value is -2.47. The first kappa shape index (κ1) is 17.4. The lowest BCUT2D eigenvalue weighted by Gasteiger charge is -2.29. The summed E-state index contributed by atoms with van der Waals surface area (Å²) in [5, 5.41) is 0.121. The fourth-order valence-electron chi connectivity index (χ4n) is 2.40. The van der Waals surface area contributed by atoms with Gasteiger partial charge in [0.05, 0.1) is 11.6 Å². The van der Waals surface area contributed by atoms with Crippen LogP contribution in [0.15, 0.2) is 42.5 Å². The number of fused-ring (bicyclic) bond motifs is 1. The van der Waals surface area contributed by atoms with Gasteiger partial charge in [-0.05, 0) is 30.3 Å². The summed E-state index contributed by atoms with van der Waals surface area (Å²) >= 11 is 5.87. The van der Waals surface area contributed by atoms with Crippen molar-refractivity contribution in [3.05, 3.63) is 53.3 Å². The Morgan fingerprint density at radius 1 is 1.32 bits per heavy atom. The zero-order valence-corrected chi connectivity index (χ0v) is 14.3. The number of para-hydroxylation sites is 2. The molecule has 2 aromatic carbocycles. The van der Waals surface area contributed by atoms with Gasteiger partial charge in [-0.2, -0.15) is 0 Å². The molecule has 0 N–H and O–H groups in total. The average molecular weight is 366 g/mol. The van der Waals surface area contributed by atoms with Crippen LogP contribution in [-0.2, 0) is 4.79 Å². The summed E-state index contributed by atoms with van der Waals surface area (Å²) in [5.74, 6) is 0.908. The molecule has 5 nitrogen and oxygen atoms in total. The van der Waals surface area contributed by atoms with E-state index in [1.165, 1.54) is 17.0 Å². The Kier molecular flexibility index (Phi) is 5.28. The first-order valence-electron chi connectivity index (χ1n) is 7.73. The molecule has 1 aliphatic heterocycles. The van der Waals surface area contributed by atoms with Gasteiger partial charge in [-0.25, -0.2) is 4.39 Å². The second-order valence-corrected chi connectivity index (χ2v) is 6.04. The molecule has 0 spiro atoms. The molecule has 0 saturated heterocycles. The number of nitrogens with zero attached hydrogens (tertiary/aromatic N) is 1. The monoisotopic (exact) mass is 365 g/mol. The van der Waals surface area contributed by atoms with E-state index in [4.69, 9.17) is 25.8 Å². The Balaban J connectivity index is 1.51. The third kappa shape index (κ3) is 4.33. The van der Waals surface area contributed by atoms with Gasteiger partial charge in [0.15, 0.2) is 24.2 Å². The van der Waals surface area contributed by atoms with Crippen LogP contribution in [0.3, 0.4) is 0 Å². The van der Waals surface area contributed by atoms with E-state index >= 15 is 0 Å². The van der Waals surface area contributed by atoms with Crippen molar-refractivity contribution < 1.29 is 23.4 Å². The van der Waals surface area contributed by atoms with Crippen LogP contribution >= 0.6 is 11.6 Å². The number of likely N-dealkylation sites (N-methyl/N-ethyl adjacent to an activating group) is 1. The smallest absolute Gasteiger partial charge is 0.260 e. The molecule has 0 bridgehead atoms. The largest absolute Gasteiger partial charge is 0.486 e. The van der Waals surface area contributed by atoms with Crippen LogP contribution in [0, 0.1) is 5.82 Å². The molecule has 0 radical (unpaired) electrons. The summed E-state index contributed by atoms with van der Waals surface area (Å²) < 4.78 is 29.8. The van der Waals surface area contributed by atoms with E-state index in [1.54, 1.807) is 7.05 Å². The van der Waals surface area contributed by atoms with Crippen molar-refractivity contribution >= 4 is 17.5 Å². The highest BCUT2D eigenvalue weighted by atomic mass is 35.5. The van der Waals surface area contributed by atoms with Crippen LogP contribution < -0.4 is 14.2 Å². The number of hydrogen-bond acceptors (Lipinski definition) is 4. The number of ether oxygens (including phenoxy) is 3. The standard InChI is InChI=1S/C18H17ClFNO4/c1-21(9-13-10-23-16-4-2-3-5-17(16)25-13)18(22)11-24-15-7-6-12(20)8-14(15)19/h2-8,13H,9-11H2,1H3/t13-/m0/s1. The predicted molar refractivity (Wildman–Crippen MR) is 90.9 cm³/mol.